The fourth-order valence-corrected chi connectivity index (χ4v) is 2.44. The van der Waals surface area contributed by atoms with E-state index in [2.05, 4.69) is 37.1 Å². The molecule has 0 N–H and O–H groups in total. The average molecular weight is 159 g/mol. The van der Waals surface area contributed by atoms with Crippen LogP contribution in [-0.2, 0) is 6.42 Å². The van der Waals surface area contributed by atoms with Crippen molar-refractivity contribution < 1.29 is 0 Å². The van der Waals surface area contributed by atoms with Crippen molar-refractivity contribution in [1.82, 2.24) is 4.90 Å². The Bertz CT molecular complexity index is 343. The van der Waals surface area contributed by atoms with Crippen LogP contribution in [0.5, 0.6) is 0 Å². The van der Waals surface area contributed by atoms with Crippen molar-refractivity contribution in [2.24, 2.45) is 0 Å². The number of hydrogen-bond acceptors (Lipinski definition) is 1. The van der Waals surface area contributed by atoms with E-state index < -0.39 is 0 Å². The Morgan fingerprint density at radius 1 is 1.42 bits per heavy atom. The van der Waals surface area contributed by atoms with E-state index in [0.29, 0.717) is 12.1 Å². The van der Waals surface area contributed by atoms with Gasteiger partial charge in [-0.1, -0.05) is 18.2 Å². The largest absolute Gasteiger partial charge is 0.292 e. The van der Waals surface area contributed by atoms with Gasteiger partial charge in [0, 0.05) is 6.04 Å². The highest BCUT2D eigenvalue weighted by Crippen LogP contribution is 2.51. The second kappa shape index (κ2) is 1.91. The predicted octanol–water partition coefficient (Wildman–Crippen LogP) is 1.97. The molecule has 2 atom stereocenters. The molecule has 0 saturated heterocycles. The lowest BCUT2D eigenvalue weighted by Crippen LogP contribution is -2.32. The molecular formula is C11H13N. The molecule has 0 spiro atoms. The number of benzene rings is 1. The van der Waals surface area contributed by atoms with Crippen LogP contribution in [0.4, 0.5) is 0 Å². The van der Waals surface area contributed by atoms with Crippen molar-refractivity contribution >= 4 is 0 Å². The summed E-state index contributed by atoms with van der Waals surface area (Å²) in [5.74, 6) is 0. The molecule has 0 amide bonds. The van der Waals surface area contributed by atoms with E-state index in [1.54, 1.807) is 16.7 Å². The molecule has 0 bridgehead atoms. The minimum absolute atomic E-state index is 0.679. The molecule has 3 rings (SSSR count). The molecule has 0 saturated carbocycles. The number of hydrogen-bond donors (Lipinski definition) is 0. The van der Waals surface area contributed by atoms with Crippen LogP contribution in [0, 0.1) is 0 Å². The second-order valence-corrected chi connectivity index (χ2v) is 4.04. The molecule has 1 aliphatic heterocycles. The first-order chi connectivity index (χ1) is 5.79. The van der Waals surface area contributed by atoms with Crippen molar-refractivity contribution in [3.8, 4) is 0 Å². The maximum absolute atomic E-state index is 2.48. The van der Waals surface area contributed by atoms with Crippen molar-refractivity contribution in [2.75, 3.05) is 7.05 Å². The molecule has 0 aromatic heterocycles. The first-order valence-electron chi connectivity index (χ1n) is 4.62. The first kappa shape index (κ1) is 6.67. The summed E-state index contributed by atoms with van der Waals surface area (Å²) in [6.07, 6.45) is 1.23. The third-order valence-electron chi connectivity index (χ3n) is 3.33. The average Bonchev–Trinajstić information content (AvgIpc) is 2.77. The van der Waals surface area contributed by atoms with Crippen LogP contribution in [0.2, 0.25) is 0 Å². The Labute approximate surface area is 73.0 Å². The highest BCUT2D eigenvalue weighted by atomic mass is 15.2. The van der Waals surface area contributed by atoms with Gasteiger partial charge in [-0.15, -0.1) is 0 Å². The Balaban J connectivity index is 2.14. The van der Waals surface area contributed by atoms with Crippen molar-refractivity contribution in [3.63, 3.8) is 0 Å². The van der Waals surface area contributed by atoms with Gasteiger partial charge in [0.1, 0.15) is 0 Å². The summed E-state index contributed by atoms with van der Waals surface area (Å²) in [5.41, 5.74) is 4.78. The third-order valence-corrected chi connectivity index (χ3v) is 3.33. The number of rotatable bonds is 0. The summed E-state index contributed by atoms with van der Waals surface area (Å²) >= 11 is 0. The molecule has 1 aliphatic carbocycles. The van der Waals surface area contributed by atoms with Crippen LogP contribution in [0.15, 0.2) is 18.2 Å². The summed E-state index contributed by atoms with van der Waals surface area (Å²) in [5, 5.41) is 0. The van der Waals surface area contributed by atoms with Gasteiger partial charge in [-0.3, -0.25) is 4.90 Å². The number of fused-ring (bicyclic) bond motifs is 1. The van der Waals surface area contributed by atoms with Gasteiger partial charge in [0.05, 0.1) is 6.04 Å². The van der Waals surface area contributed by atoms with E-state index in [4.69, 9.17) is 0 Å². The molecule has 1 heterocycles. The first-order valence-corrected chi connectivity index (χ1v) is 4.62. The lowest BCUT2D eigenvalue weighted by Gasteiger charge is -2.28. The van der Waals surface area contributed by atoms with E-state index in [1.807, 2.05) is 0 Å². The molecule has 0 fully saturated rings. The van der Waals surface area contributed by atoms with Gasteiger partial charge in [0.15, 0.2) is 0 Å². The lowest BCUT2D eigenvalue weighted by atomic mass is 10.0. The molecular weight excluding hydrogens is 146 g/mol. The number of likely N-dealkylation sites (N-methyl/N-ethyl adjacent to an activating group) is 1. The van der Waals surface area contributed by atoms with Crippen LogP contribution in [-0.4, -0.2) is 18.0 Å². The standard InChI is InChI=1S/C11H13N/c1-7-6-8-4-3-5-9-10(8)11(9)12(7)2/h3-5,7,11H,6H2,1-2H3/t7?,11-/m0/s1. The molecule has 62 valence electrons. The highest BCUT2D eigenvalue weighted by molar-refractivity contribution is 5.58. The van der Waals surface area contributed by atoms with Gasteiger partial charge in [0.2, 0.25) is 0 Å². The summed E-state index contributed by atoms with van der Waals surface area (Å²) in [4.78, 5) is 2.48. The fourth-order valence-electron chi connectivity index (χ4n) is 2.44. The summed E-state index contributed by atoms with van der Waals surface area (Å²) < 4.78 is 0. The SMILES string of the molecule is CC1Cc2cccc3c2[C@H]3N1C. The Hall–Kier alpha value is -0.820. The minimum Gasteiger partial charge on any atom is -0.292 e. The maximum Gasteiger partial charge on any atom is 0.0611 e. The van der Waals surface area contributed by atoms with Crippen LogP contribution in [0.1, 0.15) is 29.7 Å². The highest BCUT2D eigenvalue weighted by Gasteiger charge is 2.43. The van der Waals surface area contributed by atoms with Crippen molar-refractivity contribution in [3.05, 3.63) is 34.9 Å². The topological polar surface area (TPSA) is 3.24 Å². The van der Waals surface area contributed by atoms with Crippen molar-refractivity contribution in [2.45, 2.75) is 25.4 Å². The normalized spacial score (nSPS) is 31.5. The molecule has 1 aromatic carbocycles. The quantitative estimate of drug-likeness (QED) is 0.559. The van der Waals surface area contributed by atoms with E-state index in [1.165, 1.54) is 6.42 Å². The van der Waals surface area contributed by atoms with Gasteiger partial charge in [-0.2, -0.15) is 0 Å². The Morgan fingerprint density at radius 2 is 2.25 bits per heavy atom. The van der Waals surface area contributed by atoms with Gasteiger partial charge < -0.3 is 0 Å². The van der Waals surface area contributed by atoms with Gasteiger partial charge in [-0.05, 0) is 37.1 Å². The number of nitrogens with zero attached hydrogens (tertiary/aromatic N) is 1. The minimum atomic E-state index is 0.679. The van der Waals surface area contributed by atoms with Crippen LogP contribution < -0.4 is 0 Å². The second-order valence-electron chi connectivity index (χ2n) is 4.04. The molecule has 1 aromatic rings. The van der Waals surface area contributed by atoms with Crippen LogP contribution >= 0.6 is 0 Å². The zero-order valence-electron chi connectivity index (χ0n) is 7.54. The molecule has 0 radical (unpaired) electrons. The molecule has 1 heteroatoms. The van der Waals surface area contributed by atoms with Gasteiger partial charge in [0.25, 0.3) is 0 Å². The smallest absolute Gasteiger partial charge is 0.0611 e. The Morgan fingerprint density at radius 3 is 3.08 bits per heavy atom. The summed E-state index contributed by atoms with van der Waals surface area (Å²) in [6, 6.07) is 8.13. The van der Waals surface area contributed by atoms with E-state index in [9.17, 15) is 0 Å². The fraction of sp³-hybridized carbons (Fsp3) is 0.455. The van der Waals surface area contributed by atoms with Gasteiger partial charge >= 0.3 is 0 Å². The maximum atomic E-state index is 2.48. The van der Waals surface area contributed by atoms with Crippen molar-refractivity contribution in [1.29, 1.82) is 0 Å². The molecule has 1 unspecified atom stereocenters. The zero-order valence-corrected chi connectivity index (χ0v) is 7.54. The van der Waals surface area contributed by atoms with Gasteiger partial charge in [-0.25, -0.2) is 0 Å². The third kappa shape index (κ3) is 0.632. The lowest BCUT2D eigenvalue weighted by molar-refractivity contribution is 0.227. The predicted molar refractivity (Wildman–Crippen MR) is 49.2 cm³/mol. The molecule has 1 nitrogen and oxygen atoms in total. The van der Waals surface area contributed by atoms with Crippen LogP contribution in [0.25, 0.3) is 0 Å². The summed E-state index contributed by atoms with van der Waals surface area (Å²) in [7, 11) is 2.23. The van der Waals surface area contributed by atoms with E-state index >= 15 is 0 Å². The van der Waals surface area contributed by atoms with E-state index in [0.717, 1.165) is 0 Å². The monoisotopic (exact) mass is 159 g/mol. The molecule has 12 heavy (non-hydrogen) atoms. The molecule has 2 aliphatic rings. The van der Waals surface area contributed by atoms with E-state index in [-0.39, 0.29) is 0 Å². The Kier molecular flexibility index (Phi) is 1.06. The van der Waals surface area contributed by atoms with Crippen LogP contribution in [0.3, 0.4) is 0 Å². The zero-order chi connectivity index (χ0) is 8.29. The summed E-state index contributed by atoms with van der Waals surface area (Å²) in [6.45, 7) is 2.31.